The predicted octanol–water partition coefficient (Wildman–Crippen LogP) is 1.05. The van der Waals surface area contributed by atoms with E-state index >= 15 is 0 Å². The molecule has 4 N–H and O–H groups in total. The van der Waals surface area contributed by atoms with Crippen molar-refractivity contribution in [2.45, 2.75) is 34.1 Å². The fourth-order valence-corrected chi connectivity index (χ4v) is 2.04. The molecule has 102 valence electrons. The van der Waals surface area contributed by atoms with Gasteiger partial charge in [-0.1, -0.05) is 27.7 Å². The molecular formula is C13H29N3O. The molecule has 0 heterocycles. The van der Waals surface area contributed by atoms with Crippen molar-refractivity contribution in [2.24, 2.45) is 29.2 Å². The van der Waals surface area contributed by atoms with Gasteiger partial charge in [0.1, 0.15) is 0 Å². The van der Waals surface area contributed by atoms with Crippen LogP contribution in [0.25, 0.3) is 0 Å². The van der Waals surface area contributed by atoms with Gasteiger partial charge in [-0.25, -0.2) is 0 Å². The van der Waals surface area contributed by atoms with E-state index in [1.165, 1.54) is 0 Å². The fourth-order valence-electron chi connectivity index (χ4n) is 2.04. The highest BCUT2D eigenvalue weighted by molar-refractivity contribution is 5.79. The lowest BCUT2D eigenvalue weighted by molar-refractivity contribution is -0.137. The lowest BCUT2D eigenvalue weighted by Gasteiger charge is -2.29. The molecule has 17 heavy (non-hydrogen) atoms. The van der Waals surface area contributed by atoms with Gasteiger partial charge < -0.3 is 16.4 Å². The summed E-state index contributed by atoms with van der Waals surface area (Å²) in [5, 5.41) is 0. The van der Waals surface area contributed by atoms with Crippen LogP contribution in [0.1, 0.15) is 34.1 Å². The van der Waals surface area contributed by atoms with Crippen molar-refractivity contribution in [3.8, 4) is 0 Å². The Kier molecular flexibility index (Phi) is 8.17. The Morgan fingerprint density at radius 2 is 1.53 bits per heavy atom. The first-order valence-corrected chi connectivity index (χ1v) is 6.62. The molecule has 0 aliphatic heterocycles. The number of amides is 1. The third kappa shape index (κ3) is 6.03. The van der Waals surface area contributed by atoms with Crippen LogP contribution < -0.4 is 11.5 Å². The van der Waals surface area contributed by atoms with E-state index in [1.807, 2.05) is 4.90 Å². The molecule has 0 radical (unpaired) electrons. The fraction of sp³-hybridized carbons (Fsp3) is 0.923. The SMILES string of the molecule is CC(C)CC(C(=O)N(CCN)CCN)C(C)C. The molecule has 0 aromatic carbocycles. The molecule has 0 aliphatic rings. The number of carbonyl (C=O) groups is 1. The number of nitrogens with two attached hydrogens (primary N) is 2. The van der Waals surface area contributed by atoms with Crippen LogP contribution in [0.4, 0.5) is 0 Å². The van der Waals surface area contributed by atoms with Crippen LogP contribution in [0.3, 0.4) is 0 Å². The summed E-state index contributed by atoms with van der Waals surface area (Å²) in [7, 11) is 0. The zero-order valence-corrected chi connectivity index (χ0v) is 11.8. The van der Waals surface area contributed by atoms with Gasteiger partial charge in [-0.3, -0.25) is 4.79 Å². The van der Waals surface area contributed by atoms with E-state index in [1.54, 1.807) is 0 Å². The van der Waals surface area contributed by atoms with E-state index in [0.717, 1.165) is 6.42 Å². The Hall–Kier alpha value is -0.610. The Labute approximate surface area is 106 Å². The van der Waals surface area contributed by atoms with Gasteiger partial charge in [-0.15, -0.1) is 0 Å². The first-order chi connectivity index (χ1) is 7.93. The molecule has 1 amide bonds. The monoisotopic (exact) mass is 243 g/mol. The lowest BCUT2D eigenvalue weighted by Crippen LogP contribution is -2.43. The van der Waals surface area contributed by atoms with Crippen LogP contribution in [-0.2, 0) is 4.79 Å². The smallest absolute Gasteiger partial charge is 0.226 e. The average molecular weight is 243 g/mol. The second kappa shape index (κ2) is 8.48. The quantitative estimate of drug-likeness (QED) is 0.669. The third-order valence-corrected chi connectivity index (χ3v) is 2.96. The maximum Gasteiger partial charge on any atom is 0.226 e. The second-order valence-electron chi connectivity index (χ2n) is 5.38. The Bertz CT molecular complexity index is 211. The molecule has 0 saturated heterocycles. The second-order valence-corrected chi connectivity index (χ2v) is 5.38. The molecule has 0 aromatic rings. The summed E-state index contributed by atoms with van der Waals surface area (Å²) >= 11 is 0. The zero-order valence-electron chi connectivity index (χ0n) is 11.8. The summed E-state index contributed by atoms with van der Waals surface area (Å²) in [5.41, 5.74) is 11.1. The minimum absolute atomic E-state index is 0.0908. The van der Waals surface area contributed by atoms with Crippen molar-refractivity contribution in [3.63, 3.8) is 0 Å². The summed E-state index contributed by atoms with van der Waals surface area (Å²) in [5.74, 6) is 1.20. The summed E-state index contributed by atoms with van der Waals surface area (Å²) in [4.78, 5) is 14.2. The van der Waals surface area contributed by atoms with Crippen LogP contribution in [-0.4, -0.2) is 37.0 Å². The summed E-state index contributed by atoms with van der Waals surface area (Å²) in [6.45, 7) is 10.7. The summed E-state index contributed by atoms with van der Waals surface area (Å²) < 4.78 is 0. The molecule has 0 spiro atoms. The van der Waals surface area contributed by atoms with E-state index in [0.29, 0.717) is 38.0 Å². The Morgan fingerprint density at radius 1 is 1.06 bits per heavy atom. The number of carbonyl (C=O) groups excluding carboxylic acids is 1. The molecular weight excluding hydrogens is 214 g/mol. The van der Waals surface area contributed by atoms with Crippen molar-refractivity contribution < 1.29 is 4.79 Å². The highest BCUT2D eigenvalue weighted by atomic mass is 16.2. The molecule has 0 bridgehead atoms. The molecule has 0 aliphatic carbocycles. The van der Waals surface area contributed by atoms with E-state index in [4.69, 9.17) is 11.5 Å². The van der Waals surface area contributed by atoms with Gasteiger partial charge >= 0.3 is 0 Å². The Morgan fingerprint density at radius 3 is 1.82 bits per heavy atom. The van der Waals surface area contributed by atoms with Crippen molar-refractivity contribution in [3.05, 3.63) is 0 Å². The average Bonchev–Trinajstić information content (AvgIpc) is 2.24. The topological polar surface area (TPSA) is 72.3 Å². The van der Waals surface area contributed by atoms with Gasteiger partial charge in [0.25, 0.3) is 0 Å². The molecule has 0 aromatic heterocycles. The van der Waals surface area contributed by atoms with Gasteiger partial charge in [0.05, 0.1) is 0 Å². The van der Waals surface area contributed by atoms with Gasteiger partial charge in [0, 0.05) is 32.1 Å². The highest BCUT2D eigenvalue weighted by Crippen LogP contribution is 2.22. The van der Waals surface area contributed by atoms with E-state index in [2.05, 4.69) is 27.7 Å². The number of rotatable bonds is 8. The number of hydrogen-bond acceptors (Lipinski definition) is 3. The Balaban J connectivity index is 4.64. The first-order valence-electron chi connectivity index (χ1n) is 6.62. The van der Waals surface area contributed by atoms with Crippen molar-refractivity contribution in [1.29, 1.82) is 0 Å². The first kappa shape index (κ1) is 16.4. The molecule has 4 heteroatoms. The van der Waals surface area contributed by atoms with Gasteiger partial charge in [-0.2, -0.15) is 0 Å². The zero-order chi connectivity index (χ0) is 13.4. The summed E-state index contributed by atoms with van der Waals surface area (Å²) in [6, 6.07) is 0. The predicted molar refractivity (Wildman–Crippen MR) is 72.5 cm³/mol. The van der Waals surface area contributed by atoms with Gasteiger partial charge in [0.15, 0.2) is 0 Å². The third-order valence-electron chi connectivity index (χ3n) is 2.96. The molecule has 0 fully saturated rings. The largest absolute Gasteiger partial charge is 0.340 e. The molecule has 0 saturated carbocycles. The van der Waals surface area contributed by atoms with Crippen molar-refractivity contribution >= 4 is 5.91 Å². The standard InChI is InChI=1S/C13H29N3O/c1-10(2)9-12(11(3)4)13(17)16(7-5-14)8-6-15/h10-12H,5-9,14-15H2,1-4H3. The van der Waals surface area contributed by atoms with Gasteiger partial charge in [-0.05, 0) is 18.3 Å². The number of hydrogen-bond donors (Lipinski definition) is 2. The van der Waals surface area contributed by atoms with E-state index < -0.39 is 0 Å². The van der Waals surface area contributed by atoms with Crippen LogP contribution in [0.15, 0.2) is 0 Å². The molecule has 1 atom stereocenters. The molecule has 0 rings (SSSR count). The van der Waals surface area contributed by atoms with Crippen LogP contribution in [0.2, 0.25) is 0 Å². The van der Waals surface area contributed by atoms with E-state index in [9.17, 15) is 4.79 Å². The van der Waals surface area contributed by atoms with Gasteiger partial charge in [0.2, 0.25) is 5.91 Å². The van der Waals surface area contributed by atoms with Crippen LogP contribution >= 0.6 is 0 Å². The van der Waals surface area contributed by atoms with Crippen molar-refractivity contribution in [1.82, 2.24) is 4.90 Å². The summed E-state index contributed by atoms with van der Waals surface area (Å²) in [6.07, 6.45) is 0.933. The van der Waals surface area contributed by atoms with Crippen LogP contribution in [0.5, 0.6) is 0 Å². The van der Waals surface area contributed by atoms with E-state index in [-0.39, 0.29) is 11.8 Å². The van der Waals surface area contributed by atoms with Crippen molar-refractivity contribution in [2.75, 3.05) is 26.2 Å². The van der Waals surface area contributed by atoms with Crippen LogP contribution in [0, 0.1) is 17.8 Å². The maximum atomic E-state index is 12.4. The molecule has 1 unspecified atom stereocenters. The molecule has 4 nitrogen and oxygen atoms in total. The highest BCUT2D eigenvalue weighted by Gasteiger charge is 2.26. The number of nitrogens with zero attached hydrogens (tertiary/aromatic N) is 1. The lowest BCUT2D eigenvalue weighted by atomic mass is 9.86. The maximum absolute atomic E-state index is 12.4. The normalized spacial score (nSPS) is 13.2. The minimum Gasteiger partial charge on any atom is -0.340 e. The minimum atomic E-state index is 0.0908.